The lowest BCUT2D eigenvalue weighted by Gasteiger charge is -2.40. The summed E-state index contributed by atoms with van der Waals surface area (Å²) in [6.07, 6.45) is 2.85. The Labute approximate surface area is 130 Å². The first-order chi connectivity index (χ1) is 9.92. The molecule has 124 valence electrons. The van der Waals surface area contributed by atoms with Gasteiger partial charge in [0.25, 0.3) is 0 Å². The van der Waals surface area contributed by atoms with Gasteiger partial charge in [-0.25, -0.2) is 0 Å². The largest absolute Gasteiger partial charge is 0.466 e. The van der Waals surface area contributed by atoms with Crippen LogP contribution in [-0.4, -0.2) is 49.2 Å². The Bertz CT molecular complexity index is 305. The van der Waals surface area contributed by atoms with Crippen LogP contribution in [0.25, 0.3) is 0 Å². The summed E-state index contributed by atoms with van der Waals surface area (Å²) < 4.78 is 5.11. The molecule has 1 N–H and O–H groups in total. The number of nitrogens with one attached hydrogen (secondary N) is 1. The van der Waals surface area contributed by atoms with E-state index < -0.39 is 0 Å². The Morgan fingerprint density at radius 3 is 2.57 bits per heavy atom. The first-order valence-electron chi connectivity index (χ1n) is 8.55. The molecule has 0 saturated carbocycles. The topological polar surface area (TPSA) is 41.6 Å². The van der Waals surface area contributed by atoms with Gasteiger partial charge in [0.05, 0.1) is 6.61 Å². The highest BCUT2D eigenvalue weighted by molar-refractivity contribution is 5.69. The second-order valence-electron chi connectivity index (χ2n) is 6.99. The van der Waals surface area contributed by atoms with Crippen LogP contribution in [0, 0.1) is 11.8 Å². The molecule has 4 heteroatoms. The molecule has 0 aromatic heterocycles. The first kappa shape index (κ1) is 18.4. The molecule has 21 heavy (non-hydrogen) atoms. The molecule has 0 aromatic rings. The predicted molar refractivity (Wildman–Crippen MR) is 87.3 cm³/mol. The maximum absolute atomic E-state index is 11.7. The minimum Gasteiger partial charge on any atom is -0.466 e. The van der Waals surface area contributed by atoms with Crippen molar-refractivity contribution in [2.45, 2.75) is 66.0 Å². The summed E-state index contributed by atoms with van der Waals surface area (Å²) in [5.74, 6) is 1.10. The zero-order valence-electron chi connectivity index (χ0n) is 14.5. The van der Waals surface area contributed by atoms with E-state index in [2.05, 4.69) is 37.9 Å². The van der Waals surface area contributed by atoms with Gasteiger partial charge in [0.15, 0.2) is 0 Å². The lowest BCUT2D eigenvalue weighted by molar-refractivity contribution is -0.144. The van der Waals surface area contributed by atoms with E-state index in [4.69, 9.17) is 4.74 Å². The highest BCUT2D eigenvalue weighted by atomic mass is 16.5. The van der Waals surface area contributed by atoms with Crippen LogP contribution in [0.4, 0.5) is 0 Å². The van der Waals surface area contributed by atoms with Crippen LogP contribution in [0.1, 0.15) is 53.9 Å². The van der Waals surface area contributed by atoms with Crippen molar-refractivity contribution in [3.63, 3.8) is 0 Å². The molecule has 4 nitrogen and oxygen atoms in total. The number of esters is 1. The molecule has 1 aliphatic rings. The Morgan fingerprint density at radius 1 is 1.29 bits per heavy atom. The average molecular weight is 298 g/mol. The van der Waals surface area contributed by atoms with Gasteiger partial charge in [0.2, 0.25) is 0 Å². The highest BCUT2D eigenvalue weighted by Crippen LogP contribution is 2.22. The van der Waals surface area contributed by atoms with Gasteiger partial charge in [-0.2, -0.15) is 0 Å². The second-order valence-corrected chi connectivity index (χ2v) is 6.99. The summed E-state index contributed by atoms with van der Waals surface area (Å²) in [4.78, 5) is 14.2. The molecule has 1 fully saturated rings. The van der Waals surface area contributed by atoms with Crippen LogP contribution in [0.15, 0.2) is 0 Å². The maximum Gasteiger partial charge on any atom is 0.306 e. The van der Waals surface area contributed by atoms with E-state index in [1.807, 2.05) is 6.92 Å². The maximum atomic E-state index is 11.7. The van der Waals surface area contributed by atoms with E-state index in [0.29, 0.717) is 31.0 Å². The lowest BCUT2D eigenvalue weighted by atomic mass is 9.90. The van der Waals surface area contributed by atoms with Gasteiger partial charge in [-0.05, 0) is 52.0 Å². The summed E-state index contributed by atoms with van der Waals surface area (Å²) in [6.45, 7) is 14.5. The number of likely N-dealkylation sites (tertiary alicyclic amines) is 1. The fourth-order valence-electron chi connectivity index (χ4n) is 2.99. The zero-order chi connectivity index (χ0) is 15.8. The minimum atomic E-state index is -0.0472. The molecule has 1 aliphatic heterocycles. The van der Waals surface area contributed by atoms with Crippen LogP contribution < -0.4 is 5.32 Å². The van der Waals surface area contributed by atoms with Crippen LogP contribution >= 0.6 is 0 Å². The summed E-state index contributed by atoms with van der Waals surface area (Å²) in [7, 11) is 0. The fourth-order valence-corrected chi connectivity index (χ4v) is 2.99. The molecule has 0 radical (unpaired) electrons. The van der Waals surface area contributed by atoms with Gasteiger partial charge in [0, 0.05) is 31.6 Å². The number of rotatable bonds is 8. The molecule has 0 amide bonds. The molecule has 1 rings (SSSR count). The van der Waals surface area contributed by atoms with Crippen LogP contribution in [-0.2, 0) is 9.53 Å². The molecular weight excluding hydrogens is 264 g/mol. The van der Waals surface area contributed by atoms with Crippen molar-refractivity contribution in [2.24, 2.45) is 11.8 Å². The number of carbonyl (C=O) groups excluding carboxylic acids is 1. The Hall–Kier alpha value is -0.610. The number of piperidine rings is 1. The van der Waals surface area contributed by atoms with Crippen molar-refractivity contribution >= 4 is 5.97 Å². The van der Waals surface area contributed by atoms with Crippen LogP contribution in [0.2, 0.25) is 0 Å². The molecule has 0 aliphatic carbocycles. The van der Waals surface area contributed by atoms with Crippen LogP contribution in [0.3, 0.4) is 0 Å². The van der Waals surface area contributed by atoms with E-state index in [0.717, 1.165) is 32.0 Å². The standard InChI is InChI=1S/C17H34N2O2/c1-6-21-17(20)10-15-9-16(18-8-7-13(2)3)12-19(11-15)14(4)5/h13-16,18H,6-12H2,1-5H3. The molecule has 2 atom stereocenters. The van der Waals surface area contributed by atoms with Gasteiger partial charge < -0.3 is 10.1 Å². The SMILES string of the molecule is CCOC(=O)CC1CC(NCCC(C)C)CN(C(C)C)C1. The monoisotopic (exact) mass is 298 g/mol. The van der Waals surface area contributed by atoms with E-state index in [1.165, 1.54) is 6.42 Å². The number of nitrogens with zero attached hydrogens (tertiary/aromatic N) is 1. The van der Waals surface area contributed by atoms with Crippen molar-refractivity contribution in [3.05, 3.63) is 0 Å². The summed E-state index contributed by atoms with van der Waals surface area (Å²) in [5.41, 5.74) is 0. The number of carbonyl (C=O) groups is 1. The lowest BCUT2D eigenvalue weighted by Crippen LogP contribution is -2.52. The molecule has 0 aromatic carbocycles. The zero-order valence-corrected chi connectivity index (χ0v) is 14.5. The van der Waals surface area contributed by atoms with Crippen molar-refractivity contribution < 1.29 is 9.53 Å². The molecule has 1 saturated heterocycles. The van der Waals surface area contributed by atoms with Crippen molar-refractivity contribution in [2.75, 3.05) is 26.2 Å². The third kappa shape index (κ3) is 7.28. The smallest absolute Gasteiger partial charge is 0.306 e. The van der Waals surface area contributed by atoms with Gasteiger partial charge in [-0.1, -0.05) is 13.8 Å². The number of ether oxygens (including phenoxy) is 1. The van der Waals surface area contributed by atoms with E-state index in [9.17, 15) is 4.79 Å². The van der Waals surface area contributed by atoms with Crippen molar-refractivity contribution in [1.82, 2.24) is 10.2 Å². The van der Waals surface area contributed by atoms with Crippen LogP contribution in [0.5, 0.6) is 0 Å². The van der Waals surface area contributed by atoms with Gasteiger partial charge in [-0.3, -0.25) is 9.69 Å². The molecule has 1 heterocycles. The molecular formula is C17H34N2O2. The summed E-state index contributed by atoms with van der Waals surface area (Å²) in [5, 5.41) is 3.68. The first-order valence-corrected chi connectivity index (χ1v) is 8.55. The average Bonchev–Trinajstić information content (AvgIpc) is 2.38. The fraction of sp³-hybridized carbons (Fsp3) is 0.941. The molecule has 0 spiro atoms. The second kappa shape index (κ2) is 9.42. The normalized spacial score (nSPS) is 23.8. The number of hydrogen-bond acceptors (Lipinski definition) is 4. The van der Waals surface area contributed by atoms with E-state index in [-0.39, 0.29) is 5.97 Å². The quantitative estimate of drug-likeness (QED) is 0.700. The molecule has 2 unspecified atom stereocenters. The Morgan fingerprint density at radius 2 is 2.00 bits per heavy atom. The number of hydrogen-bond donors (Lipinski definition) is 1. The summed E-state index contributed by atoms with van der Waals surface area (Å²) in [6, 6.07) is 1.03. The predicted octanol–water partition coefficient (Wildman–Crippen LogP) is 2.67. The Kier molecular flexibility index (Phi) is 8.27. The third-order valence-electron chi connectivity index (χ3n) is 4.21. The van der Waals surface area contributed by atoms with Crippen molar-refractivity contribution in [3.8, 4) is 0 Å². The minimum absolute atomic E-state index is 0.0472. The van der Waals surface area contributed by atoms with Gasteiger partial charge in [-0.15, -0.1) is 0 Å². The van der Waals surface area contributed by atoms with Gasteiger partial charge >= 0.3 is 5.97 Å². The van der Waals surface area contributed by atoms with Gasteiger partial charge in [0.1, 0.15) is 0 Å². The Balaban J connectivity index is 2.49. The highest BCUT2D eigenvalue weighted by Gasteiger charge is 2.29. The van der Waals surface area contributed by atoms with E-state index >= 15 is 0 Å². The summed E-state index contributed by atoms with van der Waals surface area (Å²) >= 11 is 0. The third-order valence-corrected chi connectivity index (χ3v) is 4.21. The van der Waals surface area contributed by atoms with E-state index in [1.54, 1.807) is 0 Å². The van der Waals surface area contributed by atoms with Crippen molar-refractivity contribution in [1.29, 1.82) is 0 Å². The molecule has 0 bridgehead atoms.